The van der Waals surface area contributed by atoms with Crippen molar-refractivity contribution >= 4 is 18.0 Å². The van der Waals surface area contributed by atoms with Gasteiger partial charge in [-0.05, 0) is 37.0 Å². The van der Waals surface area contributed by atoms with E-state index in [1.807, 2.05) is 45.0 Å². The van der Waals surface area contributed by atoms with Gasteiger partial charge in [0.25, 0.3) is 5.91 Å². The Hall–Kier alpha value is -2.61. The molecule has 122 valence electrons. The third-order valence-electron chi connectivity index (χ3n) is 3.72. The van der Waals surface area contributed by atoms with E-state index in [1.54, 1.807) is 13.0 Å². The predicted molar refractivity (Wildman–Crippen MR) is 88.2 cm³/mol. The van der Waals surface area contributed by atoms with Crippen molar-refractivity contribution in [2.45, 2.75) is 33.2 Å². The zero-order valence-corrected chi connectivity index (χ0v) is 13.9. The number of nitriles is 1. The number of carbonyl (C=O) groups is 2. The lowest BCUT2D eigenvalue weighted by Gasteiger charge is -2.27. The second kappa shape index (κ2) is 8.14. The molecule has 1 N–H and O–H groups in total. The number of nitrogens with zero attached hydrogens (tertiary/aromatic N) is 1. The first-order valence-electron chi connectivity index (χ1n) is 7.41. The normalized spacial score (nSPS) is 13.4. The monoisotopic (exact) mass is 314 g/mol. The molecule has 1 aromatic rings. The van der Waals surface area contributed by atoms with Gasteiger partial charge in [-0.25, -0.2) is 4.79 Å². The van der Waals surface area contributed by atoms with Gasteiger partial charge in [0, 0.05) is 6.08 Å². The van der Waals surface area contributed by atoms with E-state index in [9.17, 15) is 9.59 Å². The highest BCUT2D eigenvalue weighted by Gasteiger charge is 2.30. The summed E-state index contributed by atoms with van der Waals surface area (Å²) in [5.41, 5.74) is 0.960. The summed E-state index contributed by atoms with van der Waals surface area (Å²) < 4.78 is 4.89. The van der Waals surface area contributed by atoms with Crippen molar-refractivity contribution in [2.24, 2.45) is 5.92 Å². The zero-order chi connectivity index (χ0) is 17.5. The molecule has 5 nitrogen and oxygen atoms in total. The van der Waals surface area contributed by atoms with E-state index in [-0.39, 0.29) is 5.92 Å². The van der Waals surface area contributed by atoms with Crippen molar-refractivity contribution < 1.29 is 14.3 Å². The molecule has 0 aromatic heterocycles. The lowest BCUT2D eigenvalue weighted by Crippen LogP contribution is -2.50. The van der Waals surface area contributed by atoms with Gasteiger partial charge in [-0.3, -0.25) is 4.79 Å². The number of rotatable bonds is 6. The van der Waals surface area contributed by atoms with Gasteiger partial charge < -0.3 is 10.1 Å². The van der Waals surface area contributed by atoms with Crippen LogP contribution in [0.2, 0.25) is 0 Å². The molecule has 1 amide bonds. The summed E-state index contributed by atoms with van der Waals surface area (Å²) in [6.45, 7) is 6.82. The van der Waals surface area contributed by atoms with Gasteiger partial charge in [0.1, 0.15) is 5.54 Å². The summed E-state index contributed by atoms with van der Waals surface area (Å²) in [6.07, 6.45) is 2.92. The SMILES string of the molecule is Cc1ccccc1/C=C/C(=O)OCC(=O)N[C@@](C)(C#N)C(C)C. The van der Waals surface area contributed by atoms with Crippen LogP contribution in [0.5, 0.6) is 0 Å². The quantitative estimate of drug-likeness (QED) is 0.646. The first-order valence-corrected chi connectivity index (χ1v) is 7.41. The molecule has 0 aliphatic heterocycles. The van der Waals surface area contributed by atoms with Gasteiger partial charge in [-0.15, -0.1) is 0 Å². The fourth-order valence-corrected chi connectivity index (χ4v) is 1.74. The largest absolute Gasteiger partial charge is 0.452 e. The highest BCUT2D eigenvalue weighted by molar-refractivity contribution is 5.89. The molecule has 0 aliphatic carbocycles. The Morgan fingerprint density at radius 3 is 2.61 bits per heavy atom. The van der Waals surface area contributed by atoms with Crippen molar-refractivity contribution in [1.82, 2.24) is 5.32 Å². The Bertz CT molecular complexity index is 644. The molecule has 1 atom stereocenters. The summed E-state index contributed by atoms with van der Waals surface area (Å²) >= 11 is 0. The Balaban J connectivity index is 2.52. The van der Waals surface area contributed by atoms with Crippen LogP contribution in [-0.2, 0) is 14.3 Å². The number of hydrogen-bond donors (Lipinski definition) is 1. The summed E-state index contributed by atoms with van der Waals surface area (Å²) in [5.74, 6) is -1.17. The number of aryl methyl sites for hydroxylation is 1. The van der Waals surface area contributed by atoms with E-state index in [2.05, 4.69) is 11.4 Å². The fraction of sp³-hybridized carbons (Fsp3) is 0.389. The maximum absolute atomic E-state index is 11.8. The maximum atomic E-state index is 11.8. The van der Waals surface area contributed by atoms with E-state index in [0.717, 1.165) is 11.1 Å². The molecule has 0 radical (unpaired) electrons. The number of esters is 1. The van der Waals surface area contributed by atoms with Gasteiger partial charge in [0.2, 0.25) is 0 Å². The Morgan fingerprint density at radius 1 is 1.39 bits per heavy atom. The van der Waals surface area contributed by atoms with Crippen molar-refractivity contribution in [3.05, 3.63) is 41.5 Å². The molecular formula is C18H22N2O3. The van der Waals surface area contributed by atoms with Crippen LogP contribution in [0.25, 0.3) is 6.08 Å². The molecule has 5 heteroatoms. The van der Waals surface area contributed by atoms with Crippen LogP contribution < -0.4 is 5.32 Å². The zero-order valence-electron chi connectivity index (χ0n) is 13.9. The van der Waals surface area contributed by atoms with Crippen LogP contribution >= 0.6 is 0 Å². The highest BCUT2D eigenvalue weighted by Crippen LogP contribution is 2.14. The van der Waals surface area contributed by atoms with Crippen LogP contribution in [0.1, 0.15) is 31.9 Å². The molecule has 0 saturated heterocycles. The molecule has 0 spiro atoms. The van der Waals surface area contributed by atoms with Gasteiger partial charge in [0.05, 0.1) is 6.07 Å². The molecule has 0 heterocycles. The number of carbonyl (C=O) groups excluding carboxylic acids is 2. The lowest BCUT2D eigenvalue weighted by atomic mass is 9.90. The Labute approximate surface area is 137 Å². The van der Waals surface area contributed by atoms with Crippen molar-refractivity contribution in [2.75, 3.05) is 6.61 Å². The third-order valence-corrected chi connectivity index (χ3v) is 3.72. The van der Waals surface area contributed by atoms with Crippen LogP contribution in [0.15, 0.2) is 30.3 Å². The number of benzene rings is 1. The Morgan fingerprint density at radius 2 is 2.04 bits per heavy atom. The third kappa shape index (κ3) is 5.59. The lowest BCUT2D eigenvalue weighted by molar-refractivity contribution is -0.144. The molecule has 23 heavy (non-hydrogen) atoms. The molecular weight excluding hydrogens is 292 g/mol. The van der Waals surface area contributed by atoms with Crippen molar-refractivity contribution in [1.29, 1.82) is 5.26 Å². The maximum Gasteiger partial charge on any atom is 0.331 e. The molecule has 0 unspecified atom stereocenters. The van der Waals surface area contributed by atoms with E-state index in [4.69, 9.17) is 10.00 Å². The number of nitrogens with one attached hydrogen (secondary N) is 1. The van der Waals surface area contributed by atoms with E-state index in [1.165, 1.54) is 6.08 Å². The standard InChI is InChI=1S/C18H22N2O3/c1-13(2)18(4,12-19)20-16(21)11-23-17(22)10-9-15-8-6-5-7-14(15)3/h5-10,13H,11H2,1-4H3,(H,20,21)/b10-9+/t18-/m0/s1. The number of ether oxygens (including phenoxy) is 1. The highest BCUT2D eigenvalue weighted by atomic mass is 16.5. The van der Waals surface area contributed by atoms with Crippen LogP contribution in [0.3, 0.4) is 0 Å². The summed E-state index contributed by atoms with van der Waals surface area (Å²) in [5, 5.41) is 11.7. The Kier molecular flexibility index (Phi) is 6.52. The molecule has 0 fully saturated rings. The van der Waals surface area contributed by atoms with Gasteiger partial charge >= 0.3 is 5.97 Å². The van der Waals surface area contributed by atoms with E-state index in [0.29, 0.717) is 0 Å². The first kappa shape index (κ1) is 18.4. The smallest absolute Gasteiger partial charge is 0.331 e. The minimum Gasteiger partial charge on any atom is -0.452 e. The van der Waals surface area contributed by atoms with Crippen molar-refractivity contribution in [3.63, 3.8) is 0 Å². The first-order chi connectivity index (χ1) is 10.8. The molecule has 0 saturated carbocycles. The minimum absolute atomic E-state index is 0.0619. The minimum atomic E-state index is -0.986. The predicted octanol–water partition coefficient (Wildman–Crippen LogP) is 2.61. The average molecular weight is 314 g/mol. The number of hydrogen-bond acceptors (Lipinski definition) is 4. The molecule has 1 rings (SSSR count). The fourth-order valence-electron chi connectivity index (χ4n) is 1.74. The molecule has 0 bridgehead atoms. The summed E-state index contributed by atoms with van der Waals surface area (Å²) in [6, 6.07) is 9.67. The van der Waals surface area contributed by atoms with Crippen LogP contribution in [-0.4, -0.2) is 24.0 Å². The topological polar surface area (TPSA) is 79.2 Å². The average Bonchev–Trinajstić information content (AvgIpc) is 2.51. The second-order valence-electron chi connectivity index (χ2n) is 5.81. The summed E-state index contributed by atoms with van der Waals surface area (Å²) in [4.78, 5) is 23.4. The summed E-state index contributed by atoms with van der Waals surface area (Å²) in [7, 11) is 0. The van der Waals surface area contributed by atoms with Gasteiger partial charge in [-0.2, -0.15) is 5.26 Å². The van der Waals surface area contributed by atoms with Gasteiger partial charge in [-0.1, -0.05) is 38.1 Å². The van der Waals surface area contributed by atoms with Gasteiger partial charge in [0.15, 0.2) is 6.61 Å². The van der Waals surface area contributed by atoms with Crippen LogP contribution in [0.4, 0.5) is 0 Å². The molecule has 0 aliphatic rings. The van der Waals surface area contributed by atoms with Crippen LogP contribution in [0, 0.1) is 24.2 Å². The second-order valence-corrected chi connectivity index (χ2v) is 5.81. The number of amides is 1. The van der Waals surface area contributed by atoms with E-state index < -0.39 is 24.0 Å². The van der Waals surface area contributed by atoms with Crippen molar-refractivity contribution in [3.8, 4) is 6.07 Å². The van der Waals surface area contributed by atoms with E-state index >= 15 is 0 Å². The molecule has 1 aromatic carbocycles.